The maximum Gasteiger partial charge on any atom is 0.140 e. The Labute approximate surface area is 85.7 Å². The lowest BCUT2D eigenvalue weighted by atomic mass is 10.2. The molecule has 0 aromatic carbocycles. The number of pyridine rings is 1. The normalized spacial score (nSPS) is 11.0. The molecule has 2 heterocycles. The number of aryl methyl sites for hydroxylation is 2. The van der Waals surface area contributed by atoms with Gasteiger partial charge in [-0.15, -0.1) is 0 Å². The van der Waals surface area contributed by atoms with Gasteiger partial charge in [0.2, 0.25) is 0 Å². The lowest BCUT2D eigenvalue weighted by Crippen LogP contribution is -1.90. The van der Waals surface area contributed by atoms with Gasteiger partial charge in [0.15, 0.2) is 0 Å². The van der Waals surface area contributed by atoms with Crippen LogP contribution in [0.2, 0.25) is 0 Å². The van der Waals surface area contributed by atoms with Crippen molar-refractivity contribution in [1.82, 2.24) is 9.38 Å². The van der Waals surface area contributed by atoms with Crippen molar-refractivity contribution in [2.75, 3.05) is 0 Å². The van der Waals surface area contributed by atoms with Gasteiger partial charge in [-0.1, -0.05) is 6.92 Å². The van der Waals surface area contributed by atoms with Crippen LogP contribution in [0.3, 0.4) is 0 Å². The Kier molecular flexibility index (Phi) is 2.12. The highest BCUT2D eigenvalue weighted by Gasteiger charge is 2.03. The first kappa shape index (κ1) is 8.75. The predicted octanol–water partition coefficient (Wildman–Crippen LogP) is 2.97. The molecule has 2 nitrogen and oxygen atoms in total. The van der Waals surface area contributed by atoms with E-state index >= 15 is 0 Å². The van der Waals surface area contributed by atoms with E-state index in [4.69, 9.17) is 0 Å². The third-order valence-corrected chi connectivity index (χ3v) is 2.53. The number of hydrogen-bond donors (Lipinski definition) is 0. The number of fused-ring (bicyclic) bond motifs is 1. The number of imidazole rings is 1. The van der Waals surface area contributed by atoms with E-state index in [-0.39, 0.29) is 0 Å². The van der Waals surface area contributed by atoms with Gasteiger partial charge < -0.3 is 4.40 Å². The Balaban J connectivity index is 2.80. The average Bonchev–Trinajstić information content (AvgIpc) is 2.43. The Morgan fingerprint density at radius 2 is 2.23 bits per heavy atom. The zero-order valence-electron chi connectivity index (χ0n) is 7.71. The smallest absolute Gasteiger partial charge is 0.140 e. The minimum Gasteiger partial charge on any atom is -0.305 e. The van der Waals surface area contributed by atoms with E-state index in [0.29, 0.717) is 0 Å². The van der Waals surface area contributed by atoms with Gasteiger partial charge in [0, 0.05) is 16.9 Å². The van der Waals surface area contributed by atoms with Gasteiger partial charge in [-0.25, -0.2) is 4.98 Å². The second-order valence-electron chi connectivity index (χ2n) is 3.15. The third-order valence-electron chi connectivity index (χ3n) is 2.10. The first-order chi connectivity index (χ1) is 6.20. The Morgan fingerprint density at radius 3 is 2.92 bits per heavy atom. The summed E-state index contributed by atoms with van der Waals surface area (Å²) in [5.41, 5.74) is 3.42. The fourth-order valence-corrected chi connectivity index (χ4v) is 2.01. The van der Waals surface area contributed by atoms with E-state index in [1.807, 2.05) is 19.3 Å². The molecule has 0 aliphatic rings. The number of halogens is 1. The van der Waals surface area contributed by atoms with E-state index in [2.05, 4.69) is 38.3 Å². The molecule has 0 saturated carbocycles. The lowest BCUT2D eigenvalue weighted by Gasteiger charge is -2.01. The Bertz CT molecular complexity index is 445. The van der Waals surface area contributed by atoms with Gasteiger partial charge in [0.25, 0.3) is 0 Å². The van der Waals surface area contributed by atoms with Crippen LogP contribution in [0.1, 0.15) is 18.2 Å². The first-order valence-electron chi connectivity index (χ1n) is 4.34. The summed E-state index contributed by atoms with van der Waals surface area (Å²) in [5, 5.41) is 0. The summed E-state index contributed by atoms with van der Waals surface area (Å²) < 4.78 is 3.17. The second kappa shape index (κ2) is 3.14. The van der Waals surface area contributed by atoms with Crippen LogP contribution in [0.5, 0.6) is 0 Å². The van der Waals surface area contributed by atoms with Crippen LogP contribution in [0.4, 0.5) is 0 Å². The van der Waals surface area contributed by atoms with E-state index in [9.17, 15) is 0 Å². The largest absolute Gasteiger partial charge is 0.305 e. The maximum atomic E-state index is 4.47. The molecule has 0 aliphatic heterocycles. The summed E-state index contributed by atoms with van der Waals surface area (Å²) in [6, 6.07) is 2.13. The first-order valence-corrected chi connectivity index (χ1v) is 5.13. The molecule has 0 bridgehead atoms. The Morgan fingerprint density at radius 1 is 1.46 bits per heavy atom. The zero-order valence-corrected chi connectivity index (χ0v) is 9.30. The summed E-state index contributed by atoms with van der Waals surface area (Å²) in [7, 11) is 0. The molecular formula is C10H11BrN2. The monoisotopic (exact) mass is 238 g/mol. The molecule has 2 aromatic rings. The van der Waals surface area contributed by atoms with Crippen molar-refractivity contribution in [2.45, 2.75) is 20.3 Å². The molecule has 3 heteroatoms. The highest BCUT2D eigenvalue weighted by Crippen LogP contribution is 2.18. The fraction of sp³-hybridized carbons (Fsp3) is 0.300. The molecule has 0 spiro atoms. The molecule has 0 aliphatic carbocycles. The van der Waals surface area contributed by atoms with Crippen LogP contribution in [0, 0.1) is 6.92 Å². The Hall–Kier alpha value is -0.830. The summed E-state index contributed by atoms with van der Waals surface area (Å²) in [5.74, 6) is 0. The number of aromatic nitrogens is 2. The van der Waals surface area contributed by atoms with Crippen LogP contribution in [0.15, 0.2) is 22.9 Å². The van der Waals surface area contributed by atoms with Crippen molar-refractivity contribution >= 4 is 21.6 Å². The molecule has 0 fully saturated rings. The average molecular weight is 239 g/mol. The van der Waals surface area contributed by atoms with Crippen molar-refractivity contribution in [3.05, 3.63) is 34.2 Å². The van der Waals surface area contributed by atoms with Crippen LogP contribution in [-0.2, 0) is 6.42 Å². The van der Waals surface area contributed by atoms with Gasteiger partial charge in [-0.2, -0.15) is 0 Å². The van der Waals surface area contributed by atoms with Gasteiger partial charge in [0.05, 0.1) is 5.69 Å². The van der Waals surface area contributed by atoms with Gasteiger partial charge >= 0.3 is 0 Å². The van der Waals surface area contributed by atoms with E-state index in [1.54, 1.807) is 0 Å². The SMILES string of the molecule is CCc1cc(Br)cn2cc(C)nc12. The molecule has 0 atom stereocenters. The summed E-state index contributed by atoms with van der Waals surface area (Å²) in [4.78, 5) is 4.47. The fourth-order valence-electron chi connectivity index (χ4n) is 1.51. The highest BCUT2D eigenvalue weighted by molar-refractivity contribution is 9.10. The minimum atomic E-state index is 1.01. The lowest BCUT2D eigenvalue weighted by molar-refractivity contribution is 1.08. The molecule has 2 aromatic heterocycles. The summed E-state index contributed by atoms with van der Waals surface area (Å²) >= 11 is 3.48. The number of nitrogens with zero attached hydrogens (tertiary/aromatic N) is 2. The third kappa shape index (κ3) is 1.48. The maximum absolute atomic E-state index is 4.47. The molecule has 0 unspecified atom stereocenters. The summed E-state index contributed by atoms with van der Waals surface area (Å²) in [6.07, 6.45) is 5.09. The molecular weight excluding hydrogens is 228 g/mol. The number of rotatable bonds is 1. The molecule has 0 amide bonds. The predicted molar refractivity (Wildman–Crippen MR) is 57.0 cm³/mol. The quantitative estimate of drug-likeness (QED) is 0.747. The molecule has 0 N–H and O–H groups in total. The number of hydrogen-bond acceptors (Lipinski definition) is 1. The highest BCUT2D eigenvalue weighted by atomic mass is 79.9. The van der Waals surface area contributed by atoms with Gasteiger partial charge in [0.1, 0.15) is 5.65 Å². The van der Waals surface area contributed by atoms with E-state index < -0.39 is 0 Å². The zero-order chi connectivity index (χ0) is 9.42. The topological polar surface area (TPSA) is 17.3 Å². The van der Waals surface area contributed by atoms with Gasteiger partial charge in [-0.3, -0.25) is 0 Å². The molecule has 0 saturated heterocycles. The van der Waals surface area contributed by atoms with Crippen molar-refractivity contribution in [3.63, 3.8) is 0 Å². The second-order valence-corrected chi connectivity index (χ2v) is 4.07. The van der Waals surface area contributed by atoms with Crippen molar-refractivity contribution in [1.29, 1.82) is 0 Å². The molecule has 13 heavy (non-hydrogen) atoms. The van der Waals surface area contributed by atoms with Crippen molar-refractivity contribution in [2.24, 2.45) is 0 Å². The van der Waals surface area contributed by atoms with E-state index in [1.165, 1.54) is 5.56 Å². The van der Waals surface area contributed by atoms with Gasteiger partial charge in [-0.05, 0) is 40.9 Å². The van der Waals surface area contributed by atoms with Crippen LogP contribution < -0.4 is 0 Å². The van der Waals surface area contributed by atoms with Crippen molar-refractivity contribution < 1.29 is 0 Å². The minimum absolute atomic E-state index is 1.01. The summed E-state index contributed by atoms with van der Waals surface area (Å²) in [6.45, 7) is 4.16. The van der Waals surface area contributed by atoms with Crippen molar-refractivity contribution in [3.8, 4) is 0 Å². The van der Waals surface area contributed by atoms with E-state index in [0.717, 1.165) is 22.2 Å². The standard InChI is InChI=1S/C10H11BrN2/c1-3-8-4-9(11)6-13-5-7(2)12-10(8)13/h4-6H,3H2,1-2H3. The molecule has 68 valence electrons. The van der Waals surface area contributed by atoms with Crippen LogP contribution in [0.25, 0.3) is 5.65 Å². The molecule has 0 radical (unpaired) electrons. The van der Waals surface area contributed by atoms with Crippen LogP contribution >= 0.6 is 15.9 Å². The van der Waals surface area contributed by atoms with Crippen LogP contribution in [-0.4, -0.2) is 9.38 Å². The molecule has 2 rings (SSSR count).